The van der Waals surface area contributed by atoms with Crippen molar-refractivity contribution in [2.24, 2.45) is 5.18 Å². The van der Waals surface area contributed by atoms with Crippen LogP contribution >= 0.6 is 0 Å². The first-order valence-corrected chi connectivity index (χ1v) is 5.05. The van der Waals surface area contributed by atoms with Crippen LogP contribution in [0.5, 0.6) is 0 Å². The Morgan fingerprint density at radius 3 is 3.00 bits per heavy atom. The molecule has 1 rings (SSSR count). The maximum absolute atomic E-state index is 11.4. The molecule has 5 nitrogen and oxygen atoms in total. The van der Waals surface area contributed by atoms with Crippen LogP contribution in [0.2, 0.25) is 0 Å². The van der Waals surface area contributed by atoms with Crippen LogP contribution in [0.3, 0.4) is 0 Å². The molecule has 0 radical (unpaired) electrons. The molecule has 0 saturated carbocycles. The Hall–Kier alpha value is -1.13. The van der Waals surface area contributed by atoms with Crippen molar-refractivity contribution >= 4 is 6.09 Å². The Morgan fingerprint density at radius 2 is 2.36 bits per heavy atom. The lowest BCUT2D eigenvalue weighted by Crippen LogP contribution is -2.42. The van der Waals surface area contributed by atoms with Gasteiger partial charge in [-0.15, -0.1) is 4.91 Å². The summed E-state index contributed by atoms with van der Waals surface area (Å²) < 4.78 is 4.95. The summed E-state index contributed by atoms with van der Waals surface area (Å²) >= 11 is 0. The van der Waals surface area contributed by atoms with Gasteiger partial charge >= 0.3 is 6.09 Å². The van der Waals surface area contributed by atoms with Crippen molar-refractivity contribution in [3.05, 3.63) is 4.91 Å². The van der Waals surface area contributed by atoms with Crippen molar-refractivity contribution in [3.8, 4) is 0 Å². The zero-order valence-corrected chi connectivity index (χ0v) is 8.44. The van der Waals surface area contributed by atoms with Gasteiger partial charge in [-0.2, -0.15) is 0 Å². The first kappa shape index (κ1) is 10.9. The first-order valence-electron chi connectivity index (χ1n) is 5.05. The molecule has 1 atom stereocenters. The van der Waals surface area contributed by atoms with Gasteiger partial charge in [-0.05, 0) is 30.9 Å². The predicted molar refractivity (Wildman–Crippen MR) is 51.8 cm³/mol. The Balaban J connectivity index is 2.45. The van der Waals surface area contributed by atoms with Crippen LogP contribution in [0, 0.1) is 4.91 Å². The number of amides is 1. The SMILES string of the molecule is CCCOC(=O)N1CCCCC1N=O. The topological polar surface area (TPSA) is 59.0 Å². The molecule has 0 N–H and O–H groups in total. The van der Waals surface area contributed by atoms with Gasteiger partial charge in [0.1, 0.15) is 0 Å². The van der Waals surface area contributed by atoms with E-state index in [4.69, 9.17) is 4.74 Å². The highest BCUT2D eigenvalue weighted by Crippen LogP contribution is 2.18. The fourth-order valence-electron chi connectivity index (χ4n) is 1.51. The Bertz CT molecular complexity index is 208. The highest BCUT2D eigenvalue weighted by atomic mass is 16.6. The van der Waals surface area contributed by atoms with Crippen molar-refractivity contribution < 1.29 is 9.53 Å². The number of piperidine rings is 1. The number of ether oxygens (including phenoxy) is 1. The van der Waals surface area contributed by atoms with Gasteiger partial charge in [0.25, 0.3) is 0 Å². The molecule has 0 spiro atoms. The van der Waals surface area contributed by atoms with E-state index < -0.39 is 12.3 Å². The minimum atomic E-state index is -0.520. The molecule has 1 aliphatic heterocycles. The van der Waals surface area contributed by atoms with Crippen molar-refractivity contribution in [2.75, 3.05) is 13.2 Å². The molecule has 1 aliphatic rings. The molecule has 0 aromatic carbocycles. The van der Waals surface area contributed by atoms with E-state index in [1.54, 1.807) is 0 Å². The van der Waals surface area contributed by atoms with E-state index in [1.807, 2.05) is 6.92 Å². The molecule has 1 saturated heterocycles. The molecule has 0 aromatic rings. The number of rotatable bonds is 3. The van der Waals surface area contributed by atoms with Gasteiger partial charge in [-0.3, -0.25) is 4.90 Å². The molecule has 0 aromatic heterocycles. The number of hydrogen-bond donors (Lipinski definition) is 0. The van der Waals surface area contributed by atoms with E-state index in [1.165, 1.54) is 4.90 Å². The maximum Gasteiger partial charge on any atom is 0.411 e. The minimum absolute atomic E-state index is 0.404. The van der Waals surface area contributed by atoms with Crippen LogP contribution in [0.25, 0.3) is 0 Å². The van der Waals surface area contributed by atoms with E-state index in [2.05, 4.69) is 5.18 Å². The lowest BCUT2D eigenvalue weighted by Gasteiger charge is -2.29. The summed E-state index contributed by atoms with van der Waals surface area (Å²) in [6.45, 7) is 2.92. The lowest BCUT2D eigenvalue weighted by atomic mass is 10.1. The normalized spacial score (nSPS) is 21.8. The molecule has 1 amide bonds. The summed E-state index contributed by atoms with van der Waals surface area (Å²) in [5.41, 5.74) is 0. The fourth-order valence-corrected chi connectivity index (χ4v) is 1.51. The Kier molecular flexibility index (Phi) is 4.35. The second kappa shape index (κ2) is 5.57. The molecule has 5 heteroatoms. The van der Waals surface area contributed by atoms with Crippen LogP contribution < -0.4 is 0 Å². The van der Waals surface area contributed by atoms with E-state index in [0.29, 0.717) is 19.6 Å². The average Bonchev–Trinajstić information content (AvgIpc) is 2.25. The molecule has 0 bridgehead atoms. The van der Waals surface area contributed by atoms with Gasteiger partial charge in [0.15, 0.2) is 6.17 Å². The molecule has 14 heavy (non-hydrogen) atoms. The van der Waals surface area contributed by atoms with Gasteiger partial charge < -0.3 is 4.74 Å². The average molecular weight is 200 g/mol. The van der Waals surface area contributed by atoms with E-state index in [-0.39, 0.29) is 0 Å². The second-order valence-corrected chi connectivity index (χ2v) is 3.39. The predicted octanol–water partition coefficient (Wildman–Crippen LogP) is 2.11. The maximum atomic E-state index is 11.4. The lowest BCUT2D eigenvalue weighted by molar-refractivity contribution is 0.0749. The summed E-state index contributed by atoms with van der Waals surface area (Å²) in [5, 5.41) is 2.93. The summed E-state index contributed by atoms with van der Waals surface area (Å²) in [7, 11) is 0. The van der Waals surface area contributed by atoms with Crippen LogP contribution in [-0.4, -0.2) is 30.3 Å². The minimum Gasteiger partial charge on any atom is -0.449 e. The molecular formula is C9H16N2O3. The number of carbonyl (C=O) groups excluding carboxylic acids is 1. The quantitative estimate of drug-likeness (QED) is 0.655. The molecule has 1 unspecified atom stereocenters. The Labute approximate surface area is 83.4 Å². The van der Waals surface area contributed by atoms with Crippen LogP contribution in [-0.2, 0) is 4.74 Å². The van der Waals surface area contributed by atoms with Crippen molar-refractivity contribution in [2.45, 2.75) is 38.8 Å². The van der Waals surface area contributed by atoms with Crippen molar-refractivity contribution in [3.63, 3.8) is 0 Å². The standard InChI is InChI=1S/C9H16N2O3/c1-2-7-14-9(12)11-6-4-3-5-8(11)10-13/h8H,2-7H2,1H3. The highest BCUT2D eigenvalue weighted by molar-refractivity contribution is 5.68. The summed E-state index contributed by atoms with van der Waals surface area (Å²) in [6, 6.07) is 0. The van der Waals surface area contributed by atoms with E-state index in [0.717, 1.165) is 19.3 Å². The number of carbonyl (C=O) groups is 1. The number of nitrogens with zero attached hydrogens (tertiary/aromatic N) is 2. The van der Waals surface area contributed by atoms with Crippen molar-refractivity contribution in [1.29, 1.82) is 0 Å². The molecular weight excluding hydrogens is 184 g/mol. The van der Waals surface area contributed by atoms with Crippen LogP contribution in [0.4, 0.5) is 4.79 Å². The van der Waals surface area contributed by atoms with Gasteiger partial charge in [-0.1, -0.05) is 6.92 Å². The summed E-state index contributed by atoms with van der Waals surface area (Å²) in [4.78, 5) is 23.3. The van der Waals surface area contributed by atoms with Crippen LogP contribution in [0.15, 0.2) is 5.18 Å². The van der Waals surface area contributed by atoms with E-state index in [9.17, 15) is 9.70 Å². The smallest absolute Gasteiger partial charge is 0.411 e. The van der Waals surface area contributed by atoms with Gasteiger partial charge in [-0.25, -0.2) is 4.79 Å². The third-order valence-corrected chi connectivity index (χ3v) is 2.26. The number of likely N-dealkylation sites (tertiary alicyclic amines) is 1. The molecule has 0 aliphatic carbocycles. The fraction of sp³-hybridized carbons (Fsp3) is 0.889. The monoisotopic (exact) mass is 200 g/mol. The van der Waals surface area contributed by atoms with Gasteiger partial charge in [0, 0.05) is 6.54 Å². The van der Waals surface area contributed by atoms with Crippen LogP contribution in [0.1, 0.15) is 32.6 Å². The van der Waals surface area contributed by atoms with E-state index >= 15 is 0 Å². The molecule has 80 valence electrons. The second-order valence-electron chi connectivity index (χ2n) is 3.39. The number of nitroso groups, excluding NO2 is 1. The Morgan fingerprint density at radius 1 is 1.57 bits per heavy atom. The zero-order chi connectivity index (χ0) is 10.4. The molecule has 1 heterocycles. The van der Waals surface area contributed by atoms with Crippen molar-refractivity contribution in [1.82, 2.24) is 4.90 Å². The highest BCUT2D eigenvalue weighted by Gasteiger charge is 2.28. The largest absolute Gasteiger partial charge is 0.449 e. The summed E-state index contributed by atoms with van der Waals surface area (Å²) in [5.74, 6) is 0. The van der Waals surface area contributed by atoms with Gasteiger partial charge in [0.2, 0.25) is 0 Å². The zero-order valence-electron chi connectivity index (χ0n) is 8.44. The first-order chi connectivity index (χ1) is 6.79. The summed E-state index contributed by atoms with van der Waals surface area (Å²) in [6.07, 6.45) is 2.40. The third-order valence-electron chi connectivity index (χ3n) is 2.26. The number of hydrogen-bond acceptors (Lipinski definition) is 4. The van der Waals surface area contributed by atoms with Gasteiger partial charge in [0.05, 0.1) is 6.61 Å². The molecule has 1 fully saturated rings. The third kappa shape index (κ3) is 2.68.